The quantitative estimate of drug-likeness (QED) is 0.631. The van der Waals surface area contributed by atoms with E-state index in [1.165, 1.54) is 5.57 Å². The molecule has 0 aromatic carbocycles. The lowest BCUT2D eigenvalue weighted by atomic mass is 9.80. The van der Waals surface area contributed by atoms with Gasteiger partial charge in [0.05, 0.1) is 17.4 Å². The lowest BCUT2D eigenvalue weighted by Crippen LogP contribution is -2.41. The third-order valence-corrected chi connectivity index (χ3v) is 4.00. The third-order valence-electron chi connectivity index (χ3n) is 4.00. The molecule has 1 saturated heterocycles. The van der Waals surface area contributed by atoms with Gasteiger partial charge in [0.25, 0.3) is 0 Å². The van der Waals surface area contributed by atoms with Gasteiger partial charge in [-0.3, -0.25) is 4.98 Å². The minimum Gasteiger partial charge on any atom is -0.488 e. The van der Waals surface area contributed by atoms with Gasteiger partial charge < -0.3 is 14.0 Å². The molecule has 0 aliphatic carbocycles. The predicted octanol–water partition coefficient (Wildman–Crippen LogP) is 2.73. The predicted molar refractivity (Wildman–Crippen MR) is 84.9 cm³/mol. The minimum absolute atomic E-state index is 0.351. The molecule has 1 aliphatic rings. The van der Waals surface area contributed by atoms with E-state index >= 15 is 0 Å². The molecule has 5 heteroatoms. The van der Waals surface area contributed by atoms with Crippen molar-refractivity contribution in [2.24, 2.45) is 0 Å². The Kier molecular flexibility index (Phi) is 4.44. The summed E-state index contributed by atoms with van der Waals surface area (Å²) in [4.78, 5) is 4.22. The molecule has 0 spiro atoms. The molecule has 1 aliphatic heterocycles. The second kappa shape index (κ2) is 5.81. The fourth-order valence-electron chi connectivity index (χ4n) is 1.93. The Hall–Kier alpha value is -1.33. The van der Waals surface area contributed by atoms with Gasteiger partial charge in [0, 0.05) is 11.7 Å². The molecule has 0 bridgehead atoms. The highest BCUT2D eigenvalue weighted by Gasteiger charge is 2.51. The van der Waals surface area contributed by atoms with Crippen molar-refractivity contribution >= 4 is 12.6 Å². The van der Waals surface area contributed by atoms with Gasteiger partial charge in [0.1, 0.15) is 12.4 Å². The first-order valence-electron chi connectivity index (χ1n) is 7.28. The average Bonchev–Trinajstić information content (AvgIpc) is 2.58. The van der Waals surface area contributed by atoms with Gasteiger partial charge in [-0.1, -0.05) is 5.57 Å². The molecule has 1 aromatic heterocycles. The van der Waals surface area contributed by atoms with Crippen molar-refractivity contribution in [2.75, 3.05) is 6.61 Å². The molecule has 21 heavy (non-hydrogen) atoms. The summed E-state index contributed by atoms with van der Waals surface area (Å²) in [6.45, 7) is 12.8. The number of hydrogen-bond donors (Lipinski definition) is 0. The zero-order chi connectivity index (χ0) is 15.7. The maximum absolute atomic E-state index is 6.02. The summed E-state index contributed by atoms with van der Waals surface area (Å²) in [6.07, 6.45) is 5.49. The fourth-order valence-corrected chi connectivity index (χ4v) is 1.93. The number of rotatable bonds is 4. The van der Waals surface area contributed by atoms with Crippen LogP contribution in [0.5, 0.6) is 5.75 Å². The van der Waals surface area contributed by atoms with E-state index in [1.807, 2.05) is 53.7 Å². The maximum Gasteiger partial charge on any atom is 0.496 e. The smallest absolute Gasteiger partial charge is 0.488 e. The van der Waals surface area contributed by atoms with Gasteiger partial charge >= 0.3 is 7.12 Å². The monoisotopic (exact) mass is 289 g/mol. The van der Waals surface area contributed by atoms with Gasteiger partial charge in [0.15, 0.2) is 0 Å². The van der Waals surface area contributed by atoms with Crippen LogP contribution < -0.4 is 10.2 Å². The summed E-state index contributed by atoms with van der Waals surface area (Å²) in [5, 5.41) is 0. The van der Waals surface area contributed by atoms with E-state index in [-0.39, 0.29) is 11.2 Å². The van der Waals surface area contributed by atoms with E-state index in [0.717, 1.165) is 11.2 Å². The Balaban J connectivity index is 2.10. The molecule has 2 rings (SSSR count). The van der Waals surface area contributed by atoms with Crippen molar-refractivity contribution in [1.82, 2.24) is 4.98 Å². The fraction of sp³-hybridized carbons (Fsp3) is 0.562. The van der Waals surface area contributed by atoms with Gasteiger partial charge in [-0.2, -0.15) is 0 Å². The summed E-state index contributed by atoms with van der Waals surface area (Å²) < 4.78 is 17.7. The molecule has 0 radical (unpaired) electrons. The van der Waals surface area contributed by atoms with Crippen molar-refractivity contribution in [3.63, 3.8) is 0 Å². The maximum atomic E-state index is 6.02. The van der Waals surface area contributed by atoms with Crippen LogP contribution in [0.1, 0.15) is 41.5 Å². The van der Waals surface area contributed by atoms with Crippen LogP contribution in [0.15, 0.2) is 30.1 Å². The molecule has 0 amide bonds. The number of aromatic nitrogens is 1. The van der Waals surface area contributed by atoms with E-state index in [0.29, 0.717) is 6.61 Å². The lowest BCUT2D eigenvalue weighted by molar-refractivity contribution is 0.00578. The normalized spacial score (nSPS) is 19.4. The van der Waals surface area contributed by atoms with Crippen LogP contribution >= 0.6 is 0 Å². The molecular formula is C16H24BNO3. The van der Waals surface area contributed by atoms with E-state index in [9.17, 15) is 0 Å². The van der Waals surface area contributed by atoms with E-state index in [2.05, 4.69) is 4.98 Å². The molecule has 114 valence electrons. The van der Waals surface area contributed by atoms with Gasteiger partial charge in [0.2, 0.25) is 0 Å². The second-order valence-electron chi connectivity index (χ2n) is 6.63. The summed E-state index contributed by atoms with van der Waals surface area (Å²) in [5.74, 6) is 0.722. The molecule has 0 atom stereocenters. The average molecular weight is 289 g/mol. The molecule has 4 nitrogen and oxygen atoms in total. The van der Waals surface area contributed by atoms with Crippen LogP contribution in [0.4, 0.5) is 0 Å². The summed E-state index contributed by atoms with van der Waals surface area (Å²) in [6, 6.07) is 1.92. The molecule has 0 saturated carbocycles. The minimum atomic E-state index is -0.408. The van der Waals surface area contributed by atoms with E-state index in [4.69, 9.17) is 14.0 Å². The van der Waals surface area contributed by atoms with E-state index < -0.39 is 7.12 Å². The second-order valence-corrected chi connectivity index (χ2v) is 6.63. The van der Waals surface area contributed by atoms with Gasteiger partial charge in [-0.15, -0.1) is 0 Å². The van der Waals surface area contributed by atoms with Crippen molar-refractivity contribution in [1.29, 1.82) is 0 Å². The van der Waals surface area contributed by atoms with Crippen molar-refractivity contribution in [2.45, 2.75) is 52.7 Å². The Labute approximate surface area is 127 Å². The Morgan fingerprint density at radius 2 is 1.81 bits per heavy atom. The van der Waals surface area contributed by atoms with Crippen LogP contribution in [0.2, 0.25) is 0 Å². The van der Waals surface area contributed by atoms with Crippen molar-refractivity contribution in [3.05, 3.63) is 30.1 Å². The third kappa shape index (κ3) is 3.66. The zero-order valence-corrected chi connectivity index (χ0v) is 13.8. The first kappa shape index (κ1) is 16.1. The summed E-state index contributed by atoms with van der Waals surface area (Å²) in [7, 11) is -0.408. The zero-order valence-electron chi connectivity index (χ0n) is 13.8. The van der Waals surface area contributed by atoms with Crippen molar-refractivity contribution in [3.8, 4) is 5.75 Å². The summed E-state index contributed by atoms with van der Waals surface area (Å²) >= 11 is 0. The largest absolute Gasteiger partial charge is 0.496 e. The van der Waals surface area contributed by atoms with Crippen LogP contribution in [-0.2, 0) is 9.31 Å². The molecular weight excluding hydrogens is 265 g/mol. The number of ether oxygens (including phenoxy) is 1. The SMILES string of the molecule is CC(C)=CCOc1cncc(B2OC(C)(C)C(C)(C)O2)c1. The number of hydrogen-bond acceptors (Lipinski definition) is 4. The first-order valence-corrected chi connectivity index (χ1v) is 7.28. The first-order chi connectivity index (χ1) is 9.71. The van der Waals surface area contributed by atoms with E-state index in [1.54, 1.807) is 12.4 Å². The van der Waals surface area contributed by atoms with Crippen LogP contribution in [0.25, 0.3) is 0 Å². The molecule has 0 unspecified atom stereocenters. The van der Waals surface area contributed by atoms with Crippen LogP contribution in [0, 0.1) is 0 Å². The van der Waals surface area contributed by atoms with Crippen LogP contribution in [-0.4, -0.2) is 29.9 Å². The topological polar surface area (TPSA) is 40.6 Å². The lowest BCUT2D eigenvalue weighted by Gasteiger charge is -2.32. The Morgan fingerprint density at radius 1 is 1.19 bits per heavy atom. The highest BCUT2D eigenvalue weighted by Crippen LogP contribution is 2.36. The molecule has 1 aromatic rings. The van der Waals surface area contributed by atoms with Crippen molar-refractivity contribution < 1.29 is 14.0 Å². The number of nitrogens with zero attached hydrogens (tertiary/aromatic N) is 1. The van der Waals surface area contributed by atoms with Crippen LogP contribution in [0.3, 0.4) is 0 Å². The van der Waals surface area contributed by atoms with Gasteiger partial charge in [-0.05, 0) is 53.7 Å². The van der Waals surface area contributed by atoms with Gasteiger partial charge in [-0.25, -0.2) is 0 Å². The highest BCUT2D eigenvalue weighted by molar-refractivity contribution is 6.62. The molecule has 1 fully saturated rings. The number of allylic oxidation sites excluding steroid dienone is 1. The molecule has 2 heterocycles. The Morgan fingerprint density at radius 3 is 2.38 bits per heavy atom. The Bertz CT molecular complexity index is 520. The highest BCUT2D eigenvalue weighted by atomic mass is 16.7. The number of pyridine rings is 1. The standard InChI is InChI=1S/C16H24BNO3/c1-12(2)7-8-19-14-9-13(10-18-11-14)17-20-15(3,4)16(5,6)21-17/h7,9-11H,8H2,1-6H3. The summed E-state index contributed by atoms with van der Waals surface area (Å²) in [5.41, 5.74) is 1.40. The molecule has 0 N–H and O–H groups in total.